The molecule has 0 amide bonds. The normalized spacial score (nSPS) is 13.8. The molecule has 0 atom stereocenters. The first-order valence-electron chi connectivity index (χ1n) is 6.88. The number of methoxy groups -OCH3 is 1. The maximum absolute atomic E-state index is 10.8. The van der Waals surface area contributed by atoms with E-state index >= 15 is 0 Å². The average molecular weight is 244 g/mol. The highest BCUT2D eigenvalue weighted by atomic mass is 16.5. The fourth-order valence-electron chi connectivity index (χ4n) is 2.44. The smallest absolute Gasteiger partial charge is 0.0653 e. The lowest BCUT2D eigenvalue weighted by molar-refractivity contribution is -0.0445. The highest BCUT2D eigenvalue weighted by Crippen LogP contribution is 2.32. The van der Waals surface area contributed by atoms with E-state index in [1.165, 1.54) is 0 Å². The lowest BCUT2D eigenvalue weighted by atomic mass is 9.80. The molecule has 0 unspecified atom stereocenters. The van der Waals surface area contributed by atoms with Gasteiger partial charge in [0.15, 0.2) is 0 Å². The van der Waals surface area contributed by atoms with Gasteiger partial charge >= 0.3 is 0 Å². The second kappa shape index (κ2) is 6.75. The minimum absolute atomic E-state index is 0.137. The van der Waals surface area contributed by atoms with E-state index in [0.717, 1.165) is 25.7 Å². The molecule has 0 aromatic heterocycles. The Bertz CT molecular complexity index is 197. The van der Waals surface area contributed by atoms with Crippen LogP contribution in [0.3, 0.4) is 0 Å². The molecule has 17 heavy (non-hydrogen) atoms. The monoisotopic (exact) mass is 244 g/mol. The van der Waals surface area contributed by atoms with Crippen molar-refractivity contribution >= 4 is 0 Å². The predicted molar refractivity (Wildman–Crippen MR) is 74.2 cm³/mol. The van der Waals surface area contributed by atoms with Crippen LogP contribution in [0.5, 0.6) is 0 Å². The quantitative estimate of drug-likeness (QED) is 0.699. The lowest BCUT2D eigenvalue weighted by Crippen LogP contribution is -2.35. The molecule has 0 saturated carbocycles. The zero-order chi connectivity index (χ0) is 13.7. The summed E-state index contributed by atoms with van der Waals surface area (Å²) in [5.74, 6) is 1.06. The van der Waals surface area contributed by atoms with E-state index in [2.05, 4.69) is 41.5 Å². The van der Waals surface area contributed by atoms with Gasteiger partial charge in [0.25, 0.3) is 0 Å². The maximum Gasteiger partial charge on any atom is 0.0653 e. The Labute approximate surface area is 108 Å². The Balaban J connectivity index is 4.48. The van der Waals surface area contributed by atoms with Crippen LogP contribution in [-0.2, 0) is 4.74 Å². The van der Waals surface area contributed by atoms with Crippen LogP contribution in [0.25, 0.3) is 0 Å². The number of hydrogen-bond donors (Lipinski definition) is 1. The van der Waals surface area contributed by atoms with Gasteiger partial charge < -0.3 is 9.84 Å². The van der Waals surface area contributed by atoms with Crippen molar-refractivity contribution in [2.75, 3.05) is 7.11 Å². The van der Waals surface area contributed by atoms with Crippen molar-refractivity contribution in [3.8, 4) is 0 Å². The van der Waals surface area contributed by atoms with E-state index < -0.39 is 5.60 Å². The minimum atomic E-state index is -0.530. The maximum atomic E-state index is 10.8. The molecular formula is C15H32O2. The Kier molecular flexibility index (Phi) is 6.71. The van der Waals surface area contributed by atoms with Gasteiger partial charge in [-0.3, -0.25) is 0 Å². The number of ether oxygens (including phenoxy) is 1. The molecule has 0 bridgehead atoms. The van der Waals surface area contributed by atoms with Crippen molar-refractivity contribution in [2.45, 2.75) is 78.4 Å². The number of aliphatic hydroxyl groups is 1. The molecule has 1 N–H and O–H groups in total. The zero-order valence-electron chi connectivity index (χ0n) is 12.8. The third-order valence-electron chi connectivity index (χ3n) is 3.32. The molecule has 0 spiro atoms. The molecule has 0 heterocycles. The first-order chi connectivity index (χ1) is 7.60. The SMILES string of the molecule is COC(C)(C)CCC(O)(CC(C)C)CC(C)C. The van der Waals surface area contributed by atoms with E-state index in [-0.39, 0.29) is 5.60 Å². The largest absolute Gasteiger partial charge is 0.390 e. The molecule has 0 rings (SSSR count). The van der Waals surface area contributed by atoms with E-state index in [1.807, 2.05) is 0 Å². The third kappa shape index (κ3) is 7.77. The fraction of sp³-hybridized carbons (Fsp3) is 1.00. The van der Waals surface area contributed by atoms with E-state index in [4.69, 9.17) is 4.74 Å². The van der Waals surface area contributed by atoms with E-state index in [1.54, 1.807) is 7.11 Å². The summed E-state index contributed by atoms with van der Waals surface area (Å²) in [4.78, 5) is 0. The molecule has 2 heteroatoms. The molecule has 0 radical (unpaired) electrons. The summed E-state index contributed by atoms with van der Waals surface area (Å²) >= 11 is 0. The first-order valence-corrected chi connectivity index (χ1v) is 6.88. The zero-order valence-corrected chi connectivity index (χ0v) is 12.8. The van der Waals surface area contributed by atoms with E-state index in [0.29, 0.717) is 11.8 Å². The molecule has 0 saturated heterocycles. The topological polar surface area (TPSA) is 29.5 Å². The highest BCUT2D eigenvalue weighted by molar-refractivity contribution is 4.84. The van der Waals surface area contributed by atoms with Gasteiger partial charge in [-0.05, 0) is 51.4 Å². The van der Waals surface area contributed by atoms with Crippen molar-refractivity contribution in [1.29, 1.82) is 0 Å². The van der Waals surface area contributed by atoms with E-state index in [9.17, 15) is 5.11 Å². The third-order valence-corrected chi connectivity index (χ3v) is 3.32. The molecule has 0 aromatic rings. The van der Waals surface area contributed by atoms with Gasteiger partial charge in [-0.25, -0.2) is 0 Å². The van der Waals surface area contributed by atoms with Crippen LogP contribution in [-0.4, -0.2) is 23.4 Å². The summed E-state index contributed by atoms with van der Waals surface area (Å²) < 4.78 is 5.43. The van der Waals surface area contributed by atoms with Crippen LogP contribution in [0, 0.1) is 11.8 Å². The van der Waals surface area contributed by atoms with Crippen molar-refractivity contribution in [3.05, 3.63) is 0 Å². The number of rotatable bonds is 8. The van der Waals surface area contributed by atoms with Gasteiger partial charge in [0.1, 0.15) is 0 Å². The summed E-state index contributed by atoms with van der Waals surface area (Å²) in [5.41, 5.74) is -0.667. The summed E-state index contributed by atoms with van der Waals surface area (Å²) in [6.07, 6.45) is 3.49. The molecular weight excluding hydrogens is 212 g/mol. The van der Waals surface area contributed by atoms with Gasteiger partial charge in [-0.1, -0.05) is 27.7 Å². The van der Waals surface area contributed by atoms with Crippen molar-refractivity contribution in [1.82, 2.24) is 0 Å². The van der Waals surface area contributed by atoms with Crippen LogP contribution in [0.4, 0.5) is 0 Å². The Morgan fingerprint density at radius 2 is 1.35 bits per heavy atom. The van der Waals surface area contributed by atoms with Gasteiger partial charge in [0.2, 0.25) is 0 Å². The average Bonchev–Trinajstić information content (AvgIpc) is 2.13. The van der Waals surface area contributed by atoms with Crippen LogP contribution in [0.15, 0.2) is 0 Å². The van der Waals surface area contributed by atoms with Crippen LogP contribution in [0.1, 0.15) is 67.2 Å². The van der Waals surface area contributed by atoms with Crippen LogP contribution < -0.4 is 0 Å². The molecule has 0 aliphatic heterocycles. The molecule has 2 nitrogen and oxygen atoms in total. The lowest BCUT2D eigenvalue weighted by Gasteiger charge is -2.34. The second-order valence-corrected chi connectivity index (χ2v) is 6.88. The van der Waals surface area contributed by atoms with Crippen molar-refractivity contribution < 1.29 is 9.84 Å². The second-order valence-electron chi connectivity index (χ2n) is 6.88. The number of hydrogen-bond acceptors (Lipinski definition) is 2. The van der Waals surface area contributed by atoms with Crippen LogP contribution in [0.2, 0.25) is 0 Å². The summed E-state index contributed by atoms with van der Waals surface area (Å²) in [5, 5.41) is 10.8. The highest BCUT2D eigenvalue weighted by Gasteiger charge is 2.31. The van der Waals surface area contributed by atoms with Gasteiger partial charge in [0, 0.05) is 7.11 Å². The molecule has 104 valence electrons. The first kappa shape index (κ1) is 16.9. The molecule has 0 aromatic carbocycles. The fourth-order valence-corrected chi connectivity index (χ4v) is 2.44. The predicted octanol–water partition coefficient (Wildman–Crippen LogP) is 4.01. The standard InChI is InChI=1S/C15H32O2/c1-12(2)10-15(16,11-13(3)4)9-8-14(5,6)17-7/h12-13,16H,8-11H2,1-7H3. The molecule has 0 aliphatic carbocycles. The molecule has 0 fully saturated rings. The summed E-state index contributed by atoms with van der Waals surface area (Å²) in [6.45, 7) is 12.9. The van der Waals surface area contributed by atoms with Crippen molar-refractivity contribution in [2.24, 2.45) is 11.8 Å². The van der Waals surface area contributed by atoms with Crippen LogP contribution >= 0.6 is 0 Å². The Morgan fingerprint density at radius 3 is 1.65 bits per heavy atom. The van der Waals surface area contributed by atoms with Gasteiger partial charge in [-0.2, -0.15) is 0 Å². The van der Waals surface area contributed by atoms with Crippen molar-refractivity contribution in [3.63, 3.8) is 0 Å². The minimum Gasteiger partial charge on any atom is -0.390 e. The van der Waals surface area contributed by atoms with Gasteiger partial charge in [-0.15, -0.1) is 0 Å². The Hall–Kier alpha value is -0.0800. The Morgan fingerprint density at radius 1 is 0.941 bits per heavy atom. The molecule has 0 aliphatic rings. The van der Waals surface area contributed by atoms with Gasteiger partial charge in [0.05, 0.1) is 11.2 Å². The summed E-state index contributed by atoms with van der Waals surface area (Å²) in [6, 6.07) is 0. The summed E-state index contributed by atoms with van der Waals surface area (Å²) in [7, 11) is 1.74.